The Balaban J connectivity index is 1.01. The number of anilines is 3. The molecule has 13 rings (SSSR count). The number of aliphatic imine (C=N–C) groups is 1. The van der Waals surface area contributed by atoms with Gasteiger partial charge in [0.25, 0.3) is 0 Å². The van der Waals surface area contributed by atoms with Gasteiger partial charge in [-0.25, -0.2) is 4.99 Å². The molecule has 0 fully saturated rings. The van der Waals surface area contributed by atoms with Gasteiger partial charge in [0, 0.05) is 39.0 Å². The van der Waals surface area contributed by atoms with Crippen molar-refractivity contribution in [3.05, 3.63) is 230 Å². The maximum Gasteiger partial charge on any atom is 0.153 e. The zero-order chi connectivity index (χ0) is 40.0. The third kappa shape index (κ3) is 5.03. The van der Waals surface area contributed by atoms with Gasteiger partial charge in [0.2, 0.25) is 0 Å². The number of aromatic nitrogens is 1. The molecule has 0 amide bonds. The molecule has 11 aromatic rings. The lowest BCUT2D eigenvalue weighted by molar-refractivity contribution is 0.631. The Hall–Kier alpha value is -7.95. The van der Waals surface area contributed by atoms with Crippen molar-refractivity contribution in [2.45, 2.75) is 12.2 Å². The van der Waals surface area contributed by atoms with Crippen molar-refractivity contribution < 1.29 is 0 Å². The largest absolute Gasteiger partial charge is 0.314 e. The van der Waals surface area contributed by atoms with Gasteiger partial charge in [-0.15, -0.1) is 0 Å². The second-order valence-electron chi connectivity index (χ2n) is 16.2. The van der Waals surface area contributed by atoms with Crippen LogP contribution in [0.1, 0.15) is 17.2 Å². The molecule has 0 bridgehead atoms. The fourth-order valence-corrected chi connectivity index (χ4v) is 10.4. The van der Waals surface area contributed by atoms with E-state index in [4.69, 9.17) is 4.99 Å². The maximum atomic E-state index is 5.68. The molecule has 0 saturated carbocycles. The van der Waals surface area contributed by atoms with E-state index in [0.717, 1.165) is 28.5 Å². The molecule has 0 saturated heterocycles. The van der Waals surface area contributed by atoms with Gasteiger partial charge in [-0.05, 0) is 92.0 Å². The van der Waals surface area contributed by atoms with E-state index in [-0.39, 0.29) is 12.2 Å². The Bertz CT molecular complexity index is 3500. The Kier molecular flexibility index (Phi) is 7.40. The minimum Gasteiger partial charge on any atom is -0.314 e. The van der Waals surface area contributed by atoms with Crippen LogP contribution in [0.2, 0.25) is 0 Å². The number of para-hydroxylation sites is 3. The molecular weight excluding hydrogens is 741 g/mol. The predicted octanol–water partition coefficient (Wildman–Crippen LogP) is 14.4. The lowest BCUT2D eigenvalue weighted by Gasteiger charge is -2.28. The first kappa shape index (κ1) is 34.0. The fourth-order valence-electron chi connectivity index (χ4n) is 10.4. The highest BCUT2D eigenvalue weighted by atomic mass is 15.4. The van der Waals surface area contributed by atoms with Crippen LogP contribution in [-0.4, -0.2) is 16.6 Å². The smallest absolute Gasteiger partial charge is 0.153 e. The van der Waals surface area contributed by atoms with E-state index in [1.807, 2.05) is 0 Å². The van der Waals surface area contributed by atoms with E-state index in [9.17, 15) is 0 Å². The quantitative estimate of drug-likeness (QED) is 0.163. The van der Waals surface area contributed by atoms with Crippen LogP contribution in [0.5, 0.6) is 0 Å². The molecule has 0 aliphatic carbocycles. The van der Waals surface area contributed by atoms with Gasteiger partial charge in [-0.3, -0.25) is 0 Å². The average molecular weight is 779 g/mol. The minimum absolute atomic E-state index is 0.0489. The van der Waals surface area contributed by atoms with Crippen LogP contribution in [-0.2, 0) is 0 Å². The predicted molar refractivity (Wildman–Crippen MR) is 256 cm³/mol. The lowest BCUT2D eigenvalue weighted by atomic mass is 9.92. The van der Waals surface area contributed by atoms with Gasteiger partial charge >= 0.3 is 0 Å². The summed E-state index contributed by atoms with van der Waals surface area (Å²) in [6.07, 6.45) is -0.187. The SMILES string of the molecule is c1ccc(C2=NC3C(c4ccc5c6ccccc6n(-c6ccc(-c7ccc8c9ccccc9c9ccccc9c8c7)cc6)c5c4N3c3ccccc3)N2c2ccccc2)cc1. The van der Waals surface area contributed by atoms with Crippen molar-refractivity contribution in [1.82, 2.24) is 4.57 Å². The summed E-state index contributed by atoms with van der Waals surface area (Å²) in [5, 5.41) is 10.2. The molecule has 286 valence electrons. The number of hydrogen-bond acceptors (Lipinski definition) is 3. The average Bonchev–Trinajstić information content (AvgIpc) is 4.00. The molecule has 4 heteroatoms. The first-order valence-electron chi connectivity index (χ1n) is 21.1. The van der Waals surface area contributed by atoms with Crippen LogP contribution in [0.4, 0.5) is 17.1 Å². The highest BCUT2D eigenvalue weighted by Crippen LogP contribution is 2.55. The van der Waals surface area contributed by atoms with Gasteiger partial charge < -0.3 is 14.4 Å². The Morgan fingerprint density at radius 3 is 1.51 bits per heavy atom. The zero-order valence-electron chi connectivity index (χ0n) is 33.2. The molecule has 0 radical (unpaired) electrons. The number of amidine groups is 1. The molecular formula is C57H38N4. The third-order valence-corrected chi connectivity index (χ3v) is 13.0. The summed E-state index contributed by atoms with van der Waals surface area (Å²) in [7, 11) is 0. The summed E-state index contributed by atoms with van der Waals surface area (Å²) < 4.78 is 2.49. The third-order valence-electron chi connectivity index (χ3n) is 13.0. The van der Waals surface area contributed by atoms with E-state index >= 15 is 0 Å². The molecule has 2 atom stereocenters. The molecule has 2 aliphatic rings. The monoisotopic (exact) mass is 778 g/mol. The molecule has 61 heavy (non-hydrogen) atoms. The van der Waals surface area contributed by atoms with Gasteiger partial charge in [0.1, 0.15) is 11.9 Å². The van der Waals surface area contributed by atoms with Crippen molar-refractivity contribution in [3.8, 4) is 16.8 Å². The van der Waals surface area contributed by atoms with Crippen molar-refractivity contribution in [3.63, 3.8) is 0 Å². The van der Waals surface area contributed by atoms with Crippen molar-refractivity contribution in [1.29, 1.82) is 0 Å². The lowest BCUT2D eigenvalue weighted by Crippen LogP contribution is -2.34. The summed E-state index contributed by atoms with van der Waals surface area (Å²) in [6, 6.07) is 79.5. The summed E-state index contributed by atoms with van der Waals surface area (Å²) in [4.78, 5) is 10.6. The molecule has 10 aromatic carbocycles. The highest BCUT2D eigenvalue weighted by Gasteiger charge is 2.50. The summed E-state index contributed by atoms with van der Waals surface area (Å²) in [6.45, 7) is 0. The van der Waals surface area contributed by atoms with Crippen LogP contribution in [0.3, 0.4) is 0 Å². The second kappa shape index (κ2) is 13.3. The van der Waals surface area contributed by atoms with E-state index in [1.165, 1.54) is 76.5 Å². The summed E-state index contributed by atoms with van der Waals surface area (Å²) in [5.74, 6) is 0.986. The first-order chi connectivity index (χ1) is 30.3. The number of benzene rings is 10. The van der Waals surface area contributed by atoms with Crippen LogP contribution in [0.15, 0.2) is 223 Å². The Morgan fingerprint density at radius 2 is 0.852 bits per heavy atom. The normalized spacial score (nSPS) is 15.9. The first-order valence-corrected chi connectivity index (χ1v) is 21.1. The van der Waals surface area contributed by atoms with Crippen molar-refractivity contribution in [2.75, 3.05) is 9.80 Å². The van der Waals surface area contributed by atoms with Crippen molar-refractivity contribution >= 4 is 77.0 Å². The van der Waals surface area contributed by atoms with E-state index in [0.29, 0.717) is 0 Å². The molecule has 2 unspecified atom stereocenters. The fraction of sp³-hybridized carbons (Fsp3) is 0.0351. The number of rotatable bonds is 5. The summed E-state index contributed by atoms with van der Waals surface area (Å²) in [5.41, 5.74) is 11.7. The molecule has 0 spiro atoms. The maximum absolute atomic E-state index is 5.68. The number of nitrogens with zero attached hydrogens (tertiary/aromatic N) is 4. The molecule has 3 heterocycles. The van der Waals surface area contributed by atoms with E-state index in [2.05, 4.69) is 233 Å². The van der Waals surface area contributed by atoms with Crippen LogP contribution in [0, 0.1) is 0 Å². The van der Waals surface area contributed by atoms with Crippen LogP contribution < -0.4 is 9.80 Å². The van der Waals surface area contributed by atoms with Gasteiger partial charge in [-0.2, -0.15) is 0 Å². The minimum atomic E-state index is -0.187. The topological polar surface area (TPSA) is 23.8 Å². The van der Waals surface area contributed by atoms with E-state index in [1.54, 1.807) is 0 Å². The highest BCUT2D eigenvalue weighted by molar-refractivity contribution is 6.26. The molecule has 2 aliphatic heterocycles. The number of hydrogen-bond donors (Lipinski definition) is 0. The zero-order valence-corrected chi connectivity index (χ0v) is 33.2. The molecule has 0 N–H and O–H groups in total. The molecule has 4 nitrogen and oxygen atoms in total. The van der Waals surface area contributed by atoms with Gasteiger partial charge in [-0.1, -0.05) is 170 Å². The van der Waals surface area contributed by atoms with E-state index < -0.39 is 0 Å². The van der Waals surface area contributed by atoms with Crippen LogP contribution in [0.25, 0.3) is 70.9 Å². The Labute approximate surface area is 353 Å². The molecule has 1 aromatic heterocycles. The van der Waals surface area contributed by atoms with Crippen LogP contribution >= 0.6 is 0 Å². The van der Waals surface area contributed by atoms with Gasteiger partial charge in [0.15, 0.2) is 6.17 Å². The summed E-state index contributed by atoms with van der Waals surface area (Å²) >= 11 is 0. The standard InChI is InChI=1S/C57H38N4/c1-4-16-38(17-5-1)56-58-57-55(61(56)41-20-8-3-9-21-41)50-35-34-49-48-26-14-15-27-52(48)59(53(49)54(50)60(57)40-18-6-2-7-19-40)42-31-28-37(29-32-42)39-30-33-47-45-24-11-10-22-43(45)44-23-12-13-25-46(44)51(47)36-39/h1-36,55,57H. The Morgan fingerprint density at radius 1 is 0.344 bits per heavy atom. The second-order valence-corrected chi connectivity index (χ2v) is 16.2. The van der Waals surface area contributed by atoms with Crippen molar-refractivity contribution in [2.24, 2.45) is 4.99 Å². The number of fused-ring (bicyclic) bond motifs is 13. The van der Waals surface area contributed by atoms with Gasteiger partial charge in [0.05, 0.1) is 16.7 Å².